The molecule has 3 N–H and O–H groups in total. The van der Waals surface area contributed by atoms with Crippen molar-refractivity contribution in [1.29, 1.82) is 0 Å². The van der Waals surface area contributed by atoms with Crippen LogP contribution in [0.15, 0.2) is 36.1 Å². The lowest BCUT2D eigenvalue weighted by atomic mass is 10.1. The maximum atomic E-state index is 5.12. The molecule has 0 aliphatic heterocycles. The number of hydrogen-bond acceptors (Lipinski definition) is 2. The fraction of sp³-hybridized carbons (Fsp3) is 0.500. The van der Waals surface area contributed by atoms with E-state index in [2.05, 4.69) is 41.8 Å². The summed E-state index contributed by atoms with van der Waals surface area (Å²) in [6.45, 7) is 6.53. The first-order valence-electron chi connectivity index (χ1n) is 6.58. The van der Waals surface area contributed by atoms with Gasteiger partial charge in [0.15, 0.2) is 5.11 Å². The Kier molecular flexibility index (Phi) is 7.18. The van der Waals surface area contributed by atoms with Crippen LogP contribution >= 0.6 is 12.2 Å². The van der Waals surface area contributed by atoms with E-state index in [1.807, 2.05) is 0 Å². The van der Waals surface area contributed by atoms with Crippen LogP contribution in [0, 0.1) is 0 Å². The molecular formula is C14H23N3S. The zero-order valence-corrected chi connectivity index (χ0v) is 11.9. The number of rotatable bonds is 8. The molecule has 0 fully saturated rings. The molecule has 100 valence electrons. The number of hydrazine groups is 1. The molecule has 0 spiro atoms. The lowest BCUT2D eigenvalue weighted by molar-refractivity contribution is 0.693. The first kappa shape index (κ1) is 14.8. The molecule has 4 heteroatoms. The first-order valence-corrected chi connectivity index (χ1v) is 6.99. The third-order valence-corrected chi connectivity index (χ3v) is 3.05. The summed E-state index contributed by atoms with van der Waals surface area (Å²) in [5, 5.41) is 3.61. The van der Waals surface area contributed by atoms with E-state index < -0.39 is 0 Å². The van der Waals surface area contributed by atoms with Crippen LogP contribution in [0.25, 0.3) is 0 Å². The molecule has 0 amide bonds. The fourth-order valence-electron chi connectivity index (χ4n) is 1.83. The lowest BCUT2D eigenvalue weighted by Gasteiger charge is -2.14. The van der Waals surface area contributed by atoms with Crippen LogP contribution in [0.5, 0.6) is 0 Å². The number of hydrogen-bond donors (Lipinski definition) is 3. The summed E-state index contributed by atoms with van der Waals surface area (Å²) >= 11 is 5.12. The smallest absolute Gasteiger partial charge is 0.185 e. The van der Waals surface area contributed by atoms with Gasteiger partial charge in [-0.05, 0) is 37.1 Å². The molecule has 0 radical (unpaired) electrons. The third kappa shape index (κ3) is 5.36. The van der Waals surface area contributed by atoms with Gasteiger partial charge < -0.3 is 5.32 Å². The van der Waals surface area contributed by atoms with Crippen molar-refractivity contribution in [2.75, 3.05) is 6.54 Å². The van der Waals surface area contributed by atoms with E-state index in [0.717, 1.165) is 18.5 Å². The molecule has 1 aliphatic carbocycles. The van der Waals surface area contributed by atoms with Gasteiger partial charge in [-0.1, -0.05) is 38.0 Å². The predicted molar refractivity (Wildman–Crippen MR) is 82.0 cm³/mol. The summed E-state index contributed by atoms with van der Waals surface area (Å²) in [6, 6.07) is 0. The van der Waals surface area contributed by atoms with E-state index in [1.54, 1.807) is 6.08 Å². The minimum Gasteiger partial charge on any atom is -0.358 e. The SMILES string of the molecule is C=CCNC(=S)NNC1=CCC=C1CCCCC. The highest BCUT2D eigenvalue weighted by Crippen LogP contribution is 2.21. The van der Waals surface area contributed by atoms with E-state index in [4.69, 9.17) is 12.2 Å². The second kappa shape index (κ2) is 8.75. The van der Waals surface area contributed by atoms with Crippen molar-refractivity contribution in [1.82, 2.24) is 16.2 Å². The Morgan fingerprint density at radius 1 is 1.44 bits per heavy atom. The summed E-state index contributed by atoms with van der Waals surface area (Å²) in [6.07, 6.45) is 12.2. The van der Waals surface area contributed by atoms with Crippen molar-refractivity contribution in [3.05, 3.63) is 36.1 Å². The summed E-state index contributed by atoms with van der Waals surface area (Å²) in [4.78, 5) is 0. The maximum Gasteiger partial charge on any atom is 0.185 e. The summed E-state index contributed by atoms with van der Waals surface area (Å²) < 4.78 is 0. The molecule has 3 nitrogen and oxygen atoms in total. The van der Waals surface area contributed by atoms with Crippen LogP contribution in [0.4, 0.5) is 0 Å². The van der Waals surface area contributed by atoms with Crippen LogP contribution in [0.3, 0.4) is 0 Å². The third-order valence-electron chi connectivity index (χ3n) is 2.80. The van der Waals surface area contributed by atoms with Gasteiger partial charge in [0.25, 0.3) is 0 Å². The molecule has 0 aromatic carbocycles. The van der Waals surface area contributed by atoms with Crippen LogP contribution in [-0.4, -0.2) is 11.7 Å². The summed E-state index contributed by atoms with van der Waals surface area (Å²) in [5.74, 6) is 0. The fourth-order valence-corrected chi connectivity index (χ4v) is 1.96. The van der Waals surface area contributed by atoms with Gasteiger partial charge in [0.05, 0.1) is 5.70 Å². The lowest BCUT2D eigenvalue weighted by Crippen LogP contribution is -2.43. The zero-order valence-electron chi connectivity index (χ0n) is 11.1. The number of nitrogens with one attached hydrogen (secondary N) is 3. The second-order valence-corrected chi connectivity index (χ2v) is 4.70. The quantitative estimate of drug-likeness (QED) is 0.273. The van der Waals surface area contributed by atoms with Crippen molar-refractivity contribution in [3.8, 4) is 0 Å². The van der Waals surface area contributed by atoms with Gasteiger partial charge in [-0.2, -0.15) is 0 Å². The summed E-state index contributed by atoms with van der Waals surface area (Å²) in [7, 11) is 0. The van der Waals surface area contributed by atoms with Gasteiger partial charge in [-0.3, -0.25) is 10.9 Å². The molecular weight excluding hydrogens is 242 g/mol. The average Bonchev–Trinajstić information content (AvgIpc) is 2.82. The molecule has 1 rings (SSSR count). The minimum atomic E-state index is 0.593. The molecule has 1 aliphatic rings. The van der Waals surface area contributed by atoms with Crippen LogP contribution in [0.2, 0.25) is 0 Å². The monoisotopic (exact) mass is 265 g/mol. The van der Waals surface area contributed by atoms with Crippen molar-refractivity contribution in [3.63, 3.8) is 0 Å². The molecule has 18 heavy (non-hydrogen) atoms. The first-order chi connectivity index (χ1) is 8.77. The number of allylic oxidation sites excluding steroid dienone is 3. The van der Waals surface area contributed by atoms with Crippen molar-refractivity contribution in [2.24, 2.45) is 0 Å². The second-order valence-electron chi connectivity index (χ2n) is 4.29. The molecule has 0 bridgehead atoms. The zero-order chi connectivity index (χ0) is 13.2. The van der Waals surface area contributed by atoms with Crippen molar-refractivity contribution in [2.45, 2.75) is 39.0 Å². The number of unbranched alkanes of at least 4 members (excludes halogenated alkanes) is 2. The normalized spacial score (nSPS) is 13.6. The molecule has 0 saturated heterocycles. The topological polar surface area (TPSA) is 36.1 Å². The largest absolute Gasteiger partial charge is 0.358 e. The Morgan fingerprint density at radius 3 is 3.00 bits per heavy atom. The average molecular weight is 265 g/mol. The Balaban J connectivity index is 2.27. The highest BCUT2D eigenvalue weighted by Gasteiger charge is 2.09. The molecule has 0 saturated carbocycles. The highest BCUT2D eigenvalue weighted by atomic mass is 32.1. The van der Waals surface area contributed by atoms with E-state index in [9.17, 15) is 0 Å². The van der Waals surface area contributed by atoms with Crippen LogP contribution < -0.4 is 16.2 Å². The molecule has 0 aromatic rings. The van der Waals surface area contributed by atoms with Crippen molar-refractivity contribution >= 4 is 17.3 Å². The highest BCUT2D eigenvalue weighted by molar-refractivity contribution is 7.80. The standard InChI is InChI=1S/C14H23N3S/c1-3-5-6-8-12-9-7-10-13(12)16-17-14(18)15-11-4-2/h4,9-10,16H,2-3,5-8,11H2,1H3,(H2,15,17,18). The van der Waals surface area contributed by atoms with Gasteiger partial charge in [-0.15, -0.1) is 6.58 Å². The van der Waals surface area contributed by atoms with Gasteiger partial charge in [-0.25, -0.2) is 0 Å². The molecule has 0 atom stereocenters. The van der Waals surface area contributed by atoms with Crippen LogP contribution in [-0.2, 0) is 0 Å². The van der Waals surface area contributed by atoms with E-state index in [-0.39, 0.29) is 0 Å². The Bertz CT molecular complexity index is 345. The Morgan fingerprint density at radius 2 is 2.28 bits per heavy atom. The van der Waals surface area contributed by atoms with Gasteiger partial charge in [0.1, 0.15) is 0 Å². The minimum absolute atomic E-state index is 0.593. The van der Waals surface area contributed by atoms with Gasteiger partial charge in [0.2, 0.25) is 0 Å². The Labute approximate surface area is 115 Å². The van der Waals surface area contributed by atoms with E-state index in [1.165, 1.54) is 24.8 Å². The summed E-state index contributed by atoms with van der Waals surface area (Å²) in [5.41, 5.74) is 8.72. The maximum absolute atomic E-state index is 5.12. The van der Waals surface area contributed by atoms with Gasteiger partial charge in [0, 0.05) is 6.54 Å². The molecule has 0 heterocycles. The van der Waals surface area contributed by atoms with E-state index >= 15 is 0 Å². The van der Waals surface area contributed by atoms with Gasteiger partial charge >= 0.3 is 0 Å². The number of thiocarbonyl (C=S) groups is 1. The van der Waals surface area contributed by atoms with Crippen molar-refractivity contribution < 1.29 is 0 Å². The van der Waals surface area contributed by atoms with E-state index in [0.29, 0.717) is 11.7 Å². The Hall–Kier alpha value is -1.29. The predicted octanol–water partition coefficient (Wildman–Crippen LogP) is 2.94. The molecule has 0 aromatic heterocycles. The van der Waals surface area contributed by atoms with Crippen LogP contribution in [0.1, 0.15) is 39.0 Å². The molecule has 0 unspecified atom stereocenters.